The van der Waals surface area contributed by atoms with Crippen molar-refractivity contribution in [1.82, 2.24) is 10.2 Å². The monoisotopic (exact) mass is 358 g/mol. The number of carbonyl (C=O) groups is 2. The normalized spacial score (nSPS) is 11.7. The molecule has 0 radical (unpaired) electrons. The van der Waals surface area contributed by atoms with E-state index in [4.69, 9.17) is 11.6 Å². The molecule has 0 spiro atoms. The predicted octanol–water partition coefficient (Wildman–Crippen LogP) is 3.70. The highest BCUT2D eigenvalue weighted by atomic mass is 35.5. The minimum Gasteiger partial charge on any atom is -0.350 e. The van der Waals surface area contributed by atoms with Crippen molar-refractivity contribution >= 4 is 23.4 Å². The average molecular weight is 359 g/mol. The molecule has 0 aliphatic carbocycles. The summed E-state index contributed by atoms with van der Waals surface area (Å²) in [6.45, 7) is 6.04. The van der Waals surface area contributed by atoms with Gasteiger partial charge in [0.15, 0.2) is 0 Å². The number of rotatable bonds is 6. The molecule has 0 saturated carbocycles. The van der Waals surface area contributed by atoms with E-state index >= 15 is 0 Å². The molecule has 0 aliphatic heterocycles. The average Bonchev–Trinajstić information content (AvgIpc) is 2.59. The van der Waals surface area contributed by atoms with Crippen molar-refractivity contribution in [2.45, 2.75) is 39.9 Å². The van der Waals surface area contributed by atoms with Crippen LogP contribution in [0.4, 0.5) is 0 Å². The molecule has 0 bridgehead atoms. The first-order valence-corrected chi connectivity index (χ1v) is 8.59. The van der Waals surface area contributed by atoms with E-state index in [2.05, 4.69) is 5.32 Å². The van der Waals surface area contributed by atoms with Crippen molar-refractivity contribution in [3.05, 3.63) is 70.2 Å². The van der Waals surface area contributed by atoms with Crippen LogP contribution in [0.3, 0.4) is 0 Å². The van der Waals surface area contributed by atoms with Gasteiger partial charge in [-0.3, -0.25) is 9.59 Å². The second-order valence-electron chi connectivity index (χ2n) is 6.15. The van der Waals surface area contributed by atoms with Crippen LogP contribution in [0.15, 0.2) is 48.5 Å². The van der Waals surface area contributed by atoms with E-state index in [9.17, 15) is 9.59 Å². The van der Waals surface area contributed by atoms with Crippen LogP contribution in [0.5, 0.6) is 0 Å². The van der Waals surface area contributed by atoms with Crippen LogP contribution in [0, 0.1) is 6.92 Å². The molecule has 2 amide bonds. The largest absolute Gasteiger partial charge is 0.350 e. The Bertz CT molecular complexity index is 726. The third kappa shape index (κ3) is 5.61. The van der Waals surface area contributed by atoms with E-state index in [1.807, 2.05) is 43.3 Å². The van der Waals surface area contributed by atoms with E-state index in [0.717, 1.165) is 11.1 Å². The Morgan fingerprint density at radius 2 is 1.60 bits per heavy atom. The number of amides is 2. The number of hydrogen-bond donors (Lipinski definition) is 1. The van der Waals surface area contributed by atoms with Gasteiger partial charge < -0.3 is 10.2 Å². The Hall–Kier alpha value is -2.33. The van der Waals surface area contributed by atoms with E-state index in [1.54, 1.807) is 24.0 Å². The van der Waals surface area contributed by atoms with Gasteiger partial charge in [-0.2, -0.15) is 0 Å². The summed E-state index contributed by atoms with van der Waals surface area (Å²) in [5, 5.41) is 3.54. The standard InChI is InChI=1S/C20H23ClN2O2/c1-14-4-6-17(7-5-14)12-22-20(25)15(2)23(16(3)24)13-18-8-10-19(21)11-9-18/h4-11,15H,12-13H2,1-3H3,(H,22,25). The van der Waals surface area contributed by atoms with Gasteiger partial charge in [0.25, 0.3) is 0 Å². The minimum atomic E-state index is -0.557. The number of carbonyl (C=O) groups excluding carboxylic acids is 2. The van der Waals surface area contributed by atoms with Crippen LogP contribution in [0.1, 0.15) is 30.5 Å². The van der Waals surface area contributed by atoms with Gasteiger partial charge in [0, 0.05) is 25.0 Å². The van der Waals surface area contributed by atoms with E-state index in [-0.39, 0.29) is 11.8 Å². The summed E-state index contributed by atoms with van der Waals surface area (Å²) in [5.41, 5.74) is 3.13. The molecule has 5 heteroatoms. The third-order valence-electron chi connectivity index (χ3n) is 4.10. The quantitative estimate of drug-likeness (QED) is 0.855. The van der Waals surface area contributed by atoms with Gasteiger partial charge >= 0.3 is 0 Å². The fourth-order valence-electron chi connectivity index (χ4n) is 2.49. The van der Waals surface area contributed by atoms with E-state index < -0.39 is 6.04 Å². The lowest BCUT2D eigenvalue weighted by molar-refractivity contribution is -0.139. The Labute approximate surface area is 153 Å². The molecule has 0 aromatic heterocycles. The summed E-state index contributed by atoms with van der Waals surface area (Å²) in [5.74, 6) is -0.322. The number of nitrogens with zero attached hydrogens (tertiary/aromatic N) is 1. The Morgan fingerprint density at radius 3 is 2.16 bits per heavy atom. The van der Waals surface area contributed by atoms with Crippen LogP contribution in [0.2, 0.25) is 5.02 Å². The van der Waals surface area contributed by atoms with Crippen molar-refractivity contribution in [1.29, 1.82) is 0 Å². The molecular weight excluding hydrogens is 336 g/mol. The van der Waals surface area contributed by atoms with Crippen molar-refractivity contribution in [3.8, 4) is 0 Å². The van der Waals surface area contributed by atoms with Crippen molar-refractivity contribution < 1.29 is 9.59 Å². The first-order chi connectivity index (χ1) is 11.9. The second kappa shape index (κ2) is 8.67. The molecule has 132 valence electrons. The van der Waals surface area contributed by atoms with Crippen LogP contribution in [-0.4, -0.2) is 22.8 Å². The van der Waals surface area contributed by atoms with Gasteiger partial charge in [0.2, 0.25) is 11.8 Å². The number of nitrogens with one attached hydrogen (secondary N) is 1. The van der Waals surface area contributed by atoms with Crippen LogP contribution in [0.25, 0.3) is 0 Å². The van der Waals surface area contributed by atoms with Crippen molar-refractivity contribution in [3.63, 3.8) is 0 Å². The molecular formula is C20H23ClN2O2. The predicted molar refractivity (Wildman–Crippen MR) is 100 cm³/mol. The first-order valence-electron chi connectivity index (χ1n) is 8.21. The molecule has 1 atom stereocenters. The highest BCUT2D eigenvalue weighted by Crippen LogP contribution is 2.13. The van der Waals surface area contributed by atoms with Crippen LogP contribution >= 0.6 is 11.6 Å². The zero-order valence-corrected chi connectivity index (χ0v) is 15.5. The summed E-state index contributed by atoms with van der Waals surface area (Å²) in [4.78, 5) is 26.0. The Morgan fingerprint density at radius 1 is 1.04 bits per heavy atom. The van der Waals surface area contributed by atoms with Crippen LogP contribution in [-0.2, 0) is 22.7 Å². The molecule has 0 aliphatic rings. The number of benzene rings is 2. The lowest BCUT2D eigenvalue weighted by Gasteiger charge is -2.27. The molecule has 1 unspecified atom stereocenters. The van der Waals surface area contributed by atoms with E-state index in [1.165, 1.54) is 12.5 Å². The summed E-state index contributed by atoms with van der Waals surface area (Å²) in [6, 6.07) is 14.7. The molecule has 0 heterocycles. The SMILES string of the molecule is CC(=O)N(Cc1ccc(Cl)cc1)C(C)C(=O)NCc1ccc(C)cc1. The molecule has 25 heavy (non-hydrogen) atoms. The topological polar surface area (TPSA) is 49.4 Å². The Kier molecular flexibility index (Phi) is 6.59. The maximum absolute atomic E-state index is 12.4. The van der Waals surface area contributed by atoms with Gasteiger partial charge in [-0.05, 0) is 37.1 Å². The van der Waals surface area contributed by atoms with Gasteiger partial charge in [0.1, 0.15) is 6.04 Å². The fraction of sp³-hybridized carbons (Fsp3) is 0.300. The molecule has 2 rings (SSSR count). The second-order valence-corrected chi connectivity index (χ2v) is 6.59. The third-order valence-corrected chi connectivity index (χ3v) is 4.36. The summed E-state index contributed by atoms with van der Waals surface area (Å²) >= 11 is 5.89. The van der Waals surface area contributed by atoms with Gasteiger partial charge in [-0.25, -0.2) is 0 Å². The smallest absolute Gasteiger partial charge is 0.242 e. The van der Waals surface area contributed by atoms with Gasteiger partial charge in [-0.15, -0.1) is 0 Å². The fourth-order valence-corrected chi connectivity index (χ4v) is 2.62. The lowest BCUT2D eigenvalue weighted by atomic mass is 10.1. The Balaban J connectivity index is 1.99. The number of halogens is 1. The summed E-state index contributed by atoms with van der Waals surface area (Å²) in [6.07, 6.45) is 0. The highest BCUT2D eigenvalue weighted by molar-refractivity contribution is 6.30. The van der Waals surface area contributed by atoms with Crippen molar-refractivity contribution in [2.75, 3.05) is 0 Å². The van der Waals surface area contributed by atoms with Gasteiger partial charge in [-0.1, -0.05) is 53.6 Å². The minimum absolute atomic E-state index is 0.145. The molecule has 4 nitrogen and oxygen atoms in total. The zero-order valence-electron chi connectivity index (χ0n) is 14.8. The number of aryl methyl sites for hydroxylation is 1. The molecule has 0 fully saturated rings. The maximum Gasteiger partial charge on any atom is 0.242 e. The van der Waals surface area contributed by atoms with Crippen molar-refractivity contribution in [2.24, 2.45) is 0 Å². The van der Waals surface area contributed by atoms with E-state index in [0.29, 0.717) is 18.1 Å². The van der Waals surface area contributed by atoms with Crippen LogP contribution < -0.4 is 5.32 Å². The summed E-state index contributed by atoms with van der Waals surface area (Å²) in [7, 11) is 0. The lowest BCUT2D eigenvalue weighted by Crippen LogP contribution is -2.46. The summed E-state index contributed by atoms with van der Waals surface area (Å²) < 4.78 is 0. The highest BCUT2D eigenvalue weighted by Gasteiger charge is 2.23. The molecule has 2 aromatic carbocycles. The maximum atomic E-state index is 12.4. The molecule has 0 saturated heterocycles. The zero-order chi connectivity index (χ0) is 18.4. The molecule has 2 aromatic rings. The van der Waals surface area contributed by atoms with Gasteiger partial charge in [0.05, 0.1) is 0 Å². The first kappa shape index (κ1) is 19.0. The molecule has 1 N–H and O–H groups in total. The number of hydrogen-bond acceptors (Lipinski definition) is 2.